The van der Waals surface area contributed by atoms with Crippen molar-refractivity contribution in [3.63, 3.8) is 0 Å². The molecule has 0 aliphatic carbocycles. The first-order valence-electron chi connectivity index (χ1n) is 11.5. The van der Waals surface area contributed by atoms with Crippen LogP contribution in [0.25, 0.3) is 16.9 Å². The van der Waals surface area contributed by atoms with Gasteiger partial charge in [-0.15, -0.1) is 0 Å². The lowest BCUT2D eigenvalue weighted by Gasteiger charge is -2.35. The number of hydrogen-bond donors (Lipinski definition) is 0. The van der Waals surface area contributed by atoms with Crippen LogP contribution in [0.3, 0.4) is 0 Å². The Balaban J connectivity index is 1.40. The third-order valence-electron chi connectivity index (χ3n) is 6.33. The summed E-state index contributed by atoms with van der Waals surface area (Å²) in [6.07, 6.45) is 3.13. The van der Waals surface area contributed by atoms with E-state index in [2.05, 4.69) is 96.7 Å². The summed E-state index contributed by atoms with van der Waals surface area (Å²) >= 11 is 0. The average molecular weight is 437 g/mol. The van der Waals surface area contributed by atoms with Crippen molar-refractivity contribution in [3.8, 4) is 11.1 Å². The predicted molar refractivity (Wildman–Crippen MR) is 133 cm³/mol. The number of anilines is 2. The third-order valence-corrected chi connectivity index (χ3v) is 6.33. The summed E-state index contributed by atoms with van der Waals surface area (Å²) in [4.78, 5) is 2.24. The number of hydrogen-bond acceptors (Lipinski definition) is 4. The Kier molecular flexibility index (Phi) is 5.74. The Hall–Kier alpha value is -3.79. The molecular weight excluding hydrogens is 408 g/mol. The molecule has 166 valence electrons. The van der Waals surface area contributed by atoms with E-state index < -0.39 is 0 Å². The maximum absolute atomic E-state index is 6.38. The maximum Gasteiger partial charge on any atom is 0.235 e. The van der Waals surface area contributed by atoms with Gasteiger partial charge < -0.3 is 14.2 Å². The SMILES string of the molecule is CCC1C=C(OCc2ccc(-c3ccccc3)cc2)c2ccccc2N1c1onc(C)c1C. The smallest absolute Gasteiger partial charge is 0.235 e. The maximum atomic E-state index is 6.38. The molecule has 1 unspecified atom stereocenters. The minimum absolute atomic E-state index is 0.126. The molecule has 0 bridgehead atoms. The molecule has 0 N–H and O–H groups in total. The molecule has 3 aromatic carbocycles. The number of para-hydroxylation sites is 1. The Bertz CT molecular complexity index is 1270. The van der Waals surface area contributed by atoms with E-state index in [0.717, 1.165) is 46.1 Å². The van der Waals surface area contributed by atoms with Crippen LogP contribution in [0.5, 0.6) is 0 Å². The number of benzene rings is 3. The molecule has 1 aliphatic heterocycles. The van der Waals surface area contributed by atoms with Gasteiger partial charge in [0.2, 0.25) is 5.88 Å². The van der Waals surface area contributed by atoms with E-state index in [0.29, 0.717) is 6.61 Å². The molecule has 4 nitrogen and oxygen atoms in total. The van der Waals surface area contributed by atoms with Crippen LogP contribution < -0.4 is 4.90 Å². The van der Waals surface area contributed by atoms with Gasteiger partial charge in [-0.3, -0.25) is 0 Å². The van der Waals surface area contributed by atoms with Crippen LogP contribution in [0.1, 0.15) is 35.7 Å². The molecular formula is C29H28N2O2. The van der Waals surface area contributed by atoms with Gasteiger partial charge in [0.05, 0.1) is 17.4 Å². The standard InChI is InChI=1S/C29H28N2O2/c1-4-25-18-28(32-19-22-14-16-24(17-15-22)23-10-6-5-7-11-23)26-12-8-9-13-27(26)31(25)29-20(2)21(3)30-33-29/h5-18,25H,4,19H2,1-3H3. The normalized spacial score (nSPS) is 15.2. The van der Waals surface area contributed by atoms with E-state index in [1.165, 1.54) is 11.1 Å². The first-order valence-corrected chi connectivity index (χ1v) is 11.5. The van der Waals surface area contributed by atoms with Crippen LogP contribution in [0, 0.1) is 13.8 Å². The number of rotatable bonds is 6. The lowest BCUT2D eigenvalue weighted by molar-refractivity contribution is 0.262. The third kappa shape index (κ3) is 4.05. The van der Waals surface area contributed by atoms with Gasteiger partial charge in [-0.1, -0.05) is 78.8 Å². The highest BCUT2D eigenvalue weighted by Gasteiger charge is 2.31. The lowest BCUT2D eigenvalue weighted by Crippen LogP contribution is -2.33. The van der Waals surface area contributed by atoms with E-state index in [1.807, 2.05) is 19.1 Å². The van der Waals surface area contributed by atoms with Crippen molar-refractivity contribution in [2.45, 2.75) is 39.8 Å². The number of fused-ring (bicyclic) bond motifs is 1. The minimum atomic E-state index is 0.126. The van der Waals surface area contributed by atoms with Crippen LogP contribution in [-0.2, 0) is 11.3 Å². The Morgan fingerprint density at radius 3 is 2.27 bits per heavy atom. The summed E-state index contributed by atoms with van der Waals surface area (Å²) in [5.41, 5.74) is 7.71. The molecule has 1 aliphatic rings. The van der Waals surface area contributed by atoms with Crippen molar-refractivity contribution in [2.24, 2.45) is 0 Å². The van der Waals surface area contributed by atoms with Gasteiger partial charge in [-0.2, -0.15) is 0 Å². The molecule has 0 saturated carbocycles. The molecule has 33 heavy (non-hydrogen) atoms. The van der Waals surface area contributed by atoms with E-state index in [1.54, 1.807) is 0 Å². The van der Waals surface area contributed by atoms with E-state index in [9.17, 15) is 0 Å². The summed E-state index contributed by atoms with van der Waals surface area (Å²) in [5.74, 6) is 1.72. The molecule has 1 aromatic heterocycles. The lowest BCUT2D eigenvalue weighted by atomic mass is 9.99. The van der Waals surface area contributed by atoms with Crippen LogP contribution >= 0.6 is 0 Å². The largest absolute Gasteiger partial charge is 0.488 e. The van der Waals surface area contributed by atoms with Gasteiger partial charge in [-0.05, 0) is 55.2 Å². The number of aromatic nitrogens is 1. The van der Waals surface area contributed by atoms with Gasteiger partial charge in [-0.25, -0.2) is 0 Å². The van der Waals surface area contributed by atoms with Crippen molar-refractivity contribution in [2.75, 3.05) is 4.90 Å². The fourth-order valence-corrected chi connectivity index (χ4v) is 4.31. The van der Waals surface area contributed by atoms with Crippen LogP contribution in [0.4, 0.5) is 11.6 Å². The zero-order valence-corrected chi connectivity index (χ0v) is 19.3. The monoisotopic (exact) mass is 436 g/mol. The van der Waals surface area contributed by atoms with Crippen molar-refractivity contribution in [1.29, 1.82) is 0 Å². The quantitative estimate of drug-likeness (QED) is 0.315. The highest BCUT2D eigenvalue weighted by molar-refractivity contribution is 5.82. The summed E-state index contributed by atoms with van der Waals surface area (Å²) in [6, 6.07) is 27.5. The fourth-order valence-electron chi connectivity index (χ4n) is 4.31. The van der Waals surface area contributed by atoms with Gasteiger partial charge >= 0.3 is 0 Å². The highest BCUT2D eigenvalue weighted by atomic mass is 16.5. The Morgan fingerprint density at radius 1 is 0.879 bits per heavy atom. The first kappa shape index (κ1) is 21.1. The molecule has 5 rings (SSSR count). The molecule has 4 heteroatoms. The second-order valence-electron chi connectivity index (χ2n) is 8.44. The zero-order chi connectivity index (χ0) is 22.8. The topological polar surface area (TPSA) is 38.5 Å². The van der Waals surface area contributed by atoms with Gasteiger partial charge in [0.15, 0.2) is 0 Å². The average Bonchev–Trinajstić information content (AvgIpc) is 3.20. The Labute approximate surface area is 195 Å². The highest BCUT2D eigenvalue weighted by Crippen LogP contribution is 2.42. The molecule has 4 aromatic rings. The Morgan fingerprint density at radius 2 is 1.58 bits per heavy atom. The molecule has 2 heterocycles. The van der Waals surface area contributed by atoms with E-state index in [-0.39, 0.29) is 6.04 Å². The molecule has 1 atom stereocenters. The second kappa shape index (κ2) is 8.99. The fraction of sp³-hybridized carbons (Fsp3) is 0.207. The zero-order valence-electron chi connectivity index (χ0n) is 19.3. The minimum Gasteiger partial charge on any atom is -0.488 e. The van der Waals surface area contributed by atoms with E-state index in [4.69, 9.17) is 9.26 Å². The molecule has 0 fully saturated rings. The number of ether oxygens (including phenoxy) is 1. The van der Waals surface area contributed by atoms with Crippen molar-refractivity contribution >= 4 is 17.3 Å². The summed E-state index contributed by atoms with van der Waals surface area (Å²) in [7, 11) is 0. The molecule has 0 saturated heterocycles. The van der Waals surface area contributed by atoms with Crippen LogP contribution in [-0.4, -0.2) is 11.2 Å². The van der Waals surface area contributed by atoms with Gasteiger partial charge in [0.25, 0.3) is 0 Å². The van der Waals surface area contributed by atoms with Gasteiger partial charge in [0.1, 0.15) is 12.4 Å². The summed E-state index contributed by atoms with van der Waals surface area (Å²) in [5, 5.41) is 4.19. The van der Waals surface area contributed by atoms with Crippen LogP contribution in [0.15, 0.2) is 89.5 Å². The molecule has 0 spiro atoms. The number of aryl methyl sites for hydroxylation is 1. The predicted octanol–water partition coefficient (Wildman–Crippen LogP) is 7.45. The van der Waals surface area contributed by atoms with Gasteiger partial charge in [0, 0.05) is 11.1 Å². The van der Waals surface area contributed by atoms with Crippen molar-refractivity contribution in [1.82, 2.24) is 5.16 Å². The number of nitrogens with zero attached hydrogens (tertiary/aromatic N) is 2. The molecule has 0 amide bonds. The van der Waals surface area contributed by atoms with Crippen molar-refractivity contribution < 1.29 is 9.26 Å². The first-order chi connectivity index (χ1) is 16.2. The second-order valence-corrected chi connectivity index (χ2v) is 8.44. The van der Waals surface area contributed by atoms with Crippen molar-refractivity contribution in [3.05, 3.63) is 107 Å². The molecule has 0 radical (unpaired) electrons. The summed E-state index contributed by atoms with van der Waals surface area (Å²) < 4.78 is 12.1. The van der Waals surface area contributed by atoms with Crippen LogP contribution in [0.2, 0.25) is 0 Å². The van der Waals surface area contributed by atoms with E-state index >= 15 is 0 Å². The summed E-state index contributed by atoms with van der Waals surface area (Å²) in [6.45, 7) is 6.74.